The molecule has 1 aliphatic carbocycles. The lowest BCUT2D eigenvalue weighted by Crippen LogP contribution is -2.56. The van der Waals surface area contributed by atoms with Crippen molar-refractivity contribution in [1.82, 2.24) is 4.90 Å². The molecule has 19 heavy (non-hydrogen) atoms. The van der Waals surface area contributed by atoms with Gasteiger partial charge in [0, 0.05) is 18.6 Å². The Balaban J connectivity index is 2.73. The van der Waals surface area contributed by atoms with Gasteiger partial charge in [0.15, 0.2) is 0 Å². The van der Waals surface area contributed by atoms with Crippen LogP contribution in [0.25, 0.3) is 0 Å². The summed E-state index contributed by atoms with van der Waals surface area (Å²) in [7, 11) is 2.29. The molecule has 1 aliphatic rings. The second-order valence-electron chi connectivity index (χ2n) is 8.44. The van der Waals surface area contributed by atoms with Crippen molar-refractivity contribution in [2.45, 2.75) is 72.3 Å². The van der Waals surface area contributed by atoms with Gasteiger partial charge in [0.05, 0.1) is 0 Å². The molecule has 1 fully saturated rings. The number of rotatable bonds is 5. The van der Waals surface area contributed by atoms with Crippen LogP contribution in [0.15, 0.2) is 0 Å². The molecule has 0 aromatic rings. The molecule has 2 atom stereocenters. The molecule has 0 amide bonds. The maximum Gasteiger partial charge on any atom is 0.0331 e. The van der Waals surface area contributed by atoms with E-state index in [4.69, 9.17) is 5.73 Å². The van der Waals surface area contributed by atoms with E-state index in [0.29, 0.717) is 5.41 Å². The Morgan fingerprint density at radius 2 is 1.95 bits per heavy atom. The number of hydrogen-bond acceptors (Lipinski definition) is 2. The van der Waals surface area contributed by atoms with Crippen LogP contribution >= 0.6 is 0 Å². The normalized spacial score (nSPS) is 29.2. The lowest BCUT2D eigenvalue weighted by Gasteiger charge is -2.49. The highest BCUT2D eigenvalue weighted by Crippen LogP contribution is 2.39. The number of nitrogens with two attached hydrogens (primary N) is 1. The van der Waals surface area contributed by atoms with Gasteiger partial charge in [-0.05, 0) is 43.6 Å². The van der Waals surface area contributed by atoms with Gasteiger partial charge in [0.1, 0.15) is 0 Å². The SMILES string of the molecule is CC(C)CC1CCCC(CN)(N(C)CC(C)(C)C)C1. The van der Waals surface area contributed by atoms with Crippen molar-refractivity contribution in [2.75, 3.05) is 20.1 Å². The van der Waals surface area contributed by atoms with Crippen LogP contribution in [0.2, 0.25) is 0 Å². The molecular weight excluding hydrogens is 232 g/mol. The van der Waals surface area contributed by atoms with Gasteiger partial charge in [0.25, 0.3) is 0 Å². The first-order valence-corrected chi connectivity index (χ1v) is 8.10. The highest BCUT2D eigenvalue weighted by molar-refractivity contribution is 4.96. The van der Waals surface area contributed by atoms with Gasteiger partial charge in [0.2, 0.25) is 0 Å². The molecule has 0 saturated heterocycles. The fraction of sp³-hybridized carbons (Fsp3) is 1.00. The molecule has 0 aliphatic heterocycles. The van der Waals surface area contributed by atoms with Crippen molar-refractivity contribution >= 4 is 0 Å². The van der Waals surface area contributed by atoms with Crippen LogP contribution in [0.3, 0.4) is 0 Å². The fourth-order valence-corrected chi connectivity index (χ4v) is 3.90. The van der Waals surface area contributed by atoms with Crippen LogP contribution in [0.1, 0.15) is 66.7 Å². The largest absolute Gasteiger partial charge is 0.329 e. The van der Waals surface area contributed by atoms with E-state index in [0.717, 1.165) is 24.9 Å². The van der Waals surface area contributed by atoms with Crippen molar-refractivity contribution in [3.63, 3.8) is 0 Å². The van der Waals surface area contributed by atoms with Gasteiger partial charge in [-0.25, -0.2) is 0 Å². The third-order valence-corrected chi connectivity index (χ3v) is 4.63. The van der Waals surface area contributed by atoms with Gasteiger partial charge in [-0.2, -0.15) is 0 Å². The minimum absolute atomic E-state index is 0.255. The minimum atomic E-state index is 0.255. The third-order valence-electron chi connectivity index (χ3n) is 4.63. The highest BCUT2D eigenvalue weighted by Gasteiger charge is 2.39. The molecule has 0 aromatic carbocycles. The van der Waals surface area contributed by atoms with Crippen molar-refractivity contribution < 1.29 is 0 Å². The van der Waals surface area contributed by atoms with Crippen LogP contribution in [0.5, 0.6) is 0 Å². The Labute approximate surface area is 121 Å². The van der Waals surface area contributed by atoms with Gasteiger partial charge in [-0.1, -0.05) is 47.5 Å². The minimum Gasteiger partial charge on any atom is -0.329 e. The molecule has 0 heterocycles. The van der Waals surface area contributed by atoms with E-state index < -0.39 is 0 Å². The summed E-state index contributed by atoms with van der Waals surface area (Å²) in [6.45, 7) is 13.6. The van der Waals surface area contributed by atoms with Crippen LogP contribution in [0.4, 0.5) is 0 Å². The van der Waals surface area contributed by atoms with E-state index in [-0.39, 0.29) is 5.54 Å². The molecule has 0 spiro atoms. The summed E-state index contributed by atoms with van der Waals surface area (Å²) in [4.78, 5) is 2.57. The van der Waals surface area contributed by atoms with Crippen molar-refractivity contribution in [3.8, 4) is 0 Å². The fourth-order valence-electron chi connectivity index (χ4n) is 3.90. The van der Waals surface area contributed by atoms with Crippen LogP contribution in [0, 0.1) is 17.3 Å². The summed E-state index contributed by atoms with van der Waals surface area (Å²) < 4.78 is 0. The van der Waals surface area contributed by atoms with E-state index in [9.17, 15) is 0 Å². The van der Waals surface area contributed by atoms with Gasteiger partial charge in [-0.3, -0.25) is 4.90 Å². The summed E-state index contributed by atoms with van der Waals surface area (Å²) in [6.07, 6.45) is 6.70. The second kappa shape index (κ2) is 6.58. The predicted molar refractivity (Wildman–Crippen MR) is 85.3 cm³/mol. The molecular formula is C17H36N2. The molecule has 0 bridgehead atoms. The Morgan fingerprint density at radius 3 is 2.42 bits per heavy atom. The number of nitrogens with zero attached hydrogens (tertiary/aromatic N) is 1. The van der Waals surface area contributed by atoms with Gasteiger partial charge < -0.3 is 5.73 Å². The first kappa shape index (κ1) is 17.0. The summed E-state index contributed by atoms with van der Waals surface area (Å²) in [5.74, 6) is 1.69. The highest BCUT2D eigenvalue weighted by atomic mass is 15.2. The lowest BCUT2D eigenvalue weighted by atomic mass is 9.72. The molecule has 114 valence electrons. The smallest absolute Gasteiger partial charge is 0.0331 e. The zero-order chi connectivity index (χ0) is 14.7. The Morgan fingerprint density at radius 1 is 1.32 bits per heavy atom. The van der Waals surface area contributed by atoms with E-state index in [1.54, 1.807) is 0 Å². The van der Waals surface area contributed by atoms with Crippen molar-refractivity contribution in [2.24, 2.45) is 23.0 Å². The lowest BCUT2D eigenvalue weighted by molar-refractivity contribution is 0.0296. The average Bonchev–Trinajstić information content (AvgIpc) is 2.26. The molecule has 1 rings (SSSR count). The van der Waals surface area contributed by atoms with E-state index in [1.807, 2.05) is 0 Å². The number of hydrogen-bond donors (Lipinski definition) is 1. The van der Waals surface area contributed by atoms with Gasteiger partial charge in [-0.15, -0.1) is 0 Å². The maximum atomic E-state index is 6.21. The molecule has 0 aromatic heterocycles. The number of likely N-dealkylation sites (N-methyl/N-ethyl adjacent to an activating group) is 1. The summed E-state index contributed by atoms with van der Waals surface area (Å²) in [5.41, 5.74) is 6.81. The zero-order valence-corrected chi connectivity index (χ0v) is 14.1. The van der Waals surface area contributed by atoms with Gasteiger partial charge >= 0.3 is 0 Å². The van der Waals surface area contributed by atoms with E-state index in [2.05, 4.69) is 46.6 Å². The molecule has 2 nitrogen and oxygen atoms in total. The van der Waals surface area contributed by atoms with E-state index >= 15 is 0 Å². The third kappa shape index (κ3) is 5.07. The molecule has 2 heteroatoms. The predicted octanol–water partition coefficient (Wildman–Crippen LogP) is 3.90. The first-order chi connectivity index (χ1) is 8.68. The van der Waals surface area contributed by atoms with E-state index in [1.165, 1.54) is 32.1 Å². The molecule has 1 saturated carbocycles. The summed E-state index contributed by atoms with van der Waals surface area (Å²) >= 11 is 0. The van der Waals surface area contributed by atoms with Crippen molar-refractivity contribution in [1.29, 1.82) is 0 Å². The monoisotopic (exact) mass is 268 g/mol. The second-order valence-corrected chi connectivity index (χ2v) is 8.44. The quantitative estimate of drug-likeness (QED) is 0.819. The Bertz CT molecular complexity index is 267. The Kier molecular flexibility index (Phi) is 5.88. The first-order valence-electron chi connectivity index (χ1n) is 8.10. The van der Waals surface area contributed by atoms with Crippen LogP contribution in [-0.4, -0.2) is 30.6 Å². The Hall–Kier alpha value is -0.0800. The molecule has 0 radical (unpaired) electrons. The molecule has 2 unspecified atom stereocenters. The summed E-state index contributed by atoms with van der Waals surface area (Å²) in [5, 5.41) is 0. The standard InChI is InChI=1S/C17H36N2/c1-14(2)10-15-8-7-9-17(11-15,12-18)19(6)13-16(3,4)5/h14-15H,7-13,18H2,1-6H3. The average molecular weight is 268 g/mol. The van der Waals surface area contributed by atoms with Crippen molar-refractivity contribution in [3.05, 3.63) is 0 Å². The molecule has 2 N–H and O–H groups in total. The van der Waals surface area contributed by atoms with Crippen LogP contribution < -0.4 is 5.73 Å². The summed E-state index contributed by atoms with van der Waals surface area (Å²) in [6, 6.07) is 0. The maximum absolute atomic E-state index is 6.21. The zero-order valence-electron chi connectivity index (χ0n) is 14.1. The topological polar surface area (TPSA) is 29.3 Å². The van der Waals surface area contributed by atoms with Crippen LogP contribution in [-0.2, 0) is 0 Å².